The number of nitrogens with one attached hydrogen (secondary N) is 1. The van der Waals surface area contributed by atoms with E-state index in [2.05, 4.69) is 22.0 Å². The fourth-order valence-electron chi connectivity index (χ4n) is 1.50. The molecule has 0 aromatic carbocycles. The van der Waals surface area contributed by atoms with E-state index in [1.807, 2.05) is 6.07 Å². The Hall–Kier alpha value is -0.870. The number of nitrogens with zero attached hydrogens (tertiary/aromatic N) is 2. The number of H-pyrrole nitrogens is 1. The molecule has 0 amide bonds. The fourth-order valence-corrected chi connectivity index (χ4v) is 1.50. The molecule has 1 saturated heterocycles. The summed E-state index contributed by atoms with van der Waals surface area (Å²) in [6, 6.07) is 2.31. The fraction of sp³-hybridized carbons (Fsp3) is 0.625. The summed E-state index contributed by atoms with van der Waals surface area (Å²) in [5.41, 5.74) is 1.11. The summed E-state index contributed by atoms with van der Waals surface area (Å²) in [4.78, 5) is 2.21. The Morgan fingerprint density at radius 1 is 1.75 bits per heavy atom. The zero-order valence-electron chi connectivity index (χ0n) is 7.07. The third-order valence-electron chi connectivity index (χ3n) is 2.41. The Morgan fingerprint density at radius 3 is 3.00 bits per heavy atom. The van der Waals surface area contributed by atoms with Gasteiger partial charge in [0, 0.05) is 25.3 Å². The molecular formula is C8H13N3O. The van der Waals surface area contributed by atoms with Crippen LogP contribution in [0.2, 0.25) is 0 Å². The van der Waals surface area contributed by atoms with Gasteiger partial charge in [-0.1, -0.05) is 0 Å². The van der Waals surface area contributed by atoms with Crippen molar-refractivity contribution in [1.82, 2.24) is 15.1 Å². The zero-order valence-corrected chi connectivity index (χ0v) is 7.07. The Morgan fingerprint density at radius 2 is 2.50 bits per heavy atom. The van der Waals surface area contributed by atoms with E-state index in [1.54, 1.807) is 6.20 Å². The van der Waals surface area contributed by atoms with Gasteiger partial charge in [-0.2, -0.15) is 5.10 Å². The van der Waals surface area contributed by atoms with E-state index in [1.165, 1.54) is 0 Å². The summed E-state index contributed by atoms with van der Waals surface area (Å²) in [5, 5.41) is 15.9. The lowest BCUT2D eigenvalue weighted by Crippen LogP contribution is -2.51. The van der Waals surface area contributed by atoms with Crippen LogP contribution in [0.15, 0.2) is 12.3 Å². The minimum absolute atomic E-state index is 0.129. The summed E-state index contributed by atoms with van der Waals surface area (Å²) < 4.78 is 0. The summed E-state index contributed by atoms with van der Waals surface area (Å²) in [5.74, 6) is 0. The number of hydrogen-bond donors (Lipinski definition) is 2. The van der Waals surface area contributed by atoms with Crippen molar-refractivity contribution in [2.45, 2.75) is 19.1 Å². The maximum atomic E-state index is 9.10. The molecule has 12 heavy (non-hydrogen) atoms. The van der Waals surface area contributed by atoms with Crippen LogP contribution in [-0.4, -0.2) is 39.4 Å². The van der Waals surface area contributed by atoms with Crippen LogP contribution in [-0.2, 0) is 0 Å². The van der Waals surface area contributed by atoms with Crippen molar-refractivity contribution < 1.29 is 5.11 Å². The number of rotatable bonds is 2. The summed E-state index contributed by atoms with van der Waals surface area (Å²) in [7, 11) is 0. The van der Waals surface area contributed by atoms with Gasteiger partial charge in [0.05, 0.1) is 11.8 Å². The normalized spacial score (nSPS) is 22.2. The molecule has 1 aliphatic rings. The molecule has 66 valence electrons. The van der Waals surface area contributed by atoms with E-state index in [9.17, 15) is 0 Å². The third kappa shape index (κ3) is 1.23. The summed E-state index contributed by atoms with van der Waals surface area (Å²) in [6.07, 6.45) is 1.62. The molecular weight excluding hydrogens is 154 g/mol. The number of aromatic amines is 1. The predicted molar refractivity (Wildman–Crippen MR) is 44.6 cm³/mol. The van der Waals surface area contributed by atoms with Crippen molar-refractivity contribution >= 4 is 0 Å². The van der Waals surface area contributed by atoms with Crippen LogP contribution in [0, 0.1) is 0 Å². The molecule has 0 bridgehead atoms. The van der Waals surface area contributed by atoms with Gasteiger partial charge < -0.3 is 5.11 Å². The van der Waals surface area contributed by atoms with E-state index in [0.717, 1.165) is 18.8 Å². The quantitative estimate of drug-likeness (QED) is 0.659. The van der Waals surface area contributed by atoms with Crippen LogP contribution >= 0.6 is 0 Å². The minimum atomic E-state index is -0.129. The molecule has 1 aromatic rings. The van der Waals surface area contributed by atoms with Gasteiger partial charge in [0.15, 0.2) is 0 Å². The Balaban J connectivity index is 1.97. The van der Waals surface area contributed by atoms with Gasteiger partial charge >= 0.3 is 0 Å². The molecule has 1 aliphatic heterocycles. The van der Waals surface area contributed by atoms with Crippen molar-refractivity contribution in [2.75, 3.05) is 13.1 Å². The maximum Gasteiger partial charge on any atom is 0.0794 e. The second kappa shape index (κ2) is 2.88. The SMILES string of the molecule is CC(c1ccn[nH]1)N1CC(O)C1. The molecule has 2 heterocycles. The van der Waals surface area contributed by atoms with Gasteiger partial charge in [0.1, 0.15) is 0 Å². The molecule has 4 nitrogen and oxygen atoms in total. The first-order valence-corrected chi connectivity index (χ1v) is 4.19. The van der Waals surface area contributed by atoms with E-state index >= 15 is 0 Å². The largest absolute Gasteiger partial charge is 0.390 e. The number of aromatic nitrogens is 2. The predicted octanol–water partition coefficient (Wildman–Crippen LogP) is 0.147. The molecule has 2 N–H and O–H groups in total. The molecule has 1 atom stereocenters. The molecule has 1 unspecified atom stereocenters. The topological polar surface area (TPSA) is 52.2 Å². The standard InChI is InChI=1S/C8H13N3O/c1-6(8-2-3-9-10-8)11-4-7(12)5-11/h2-3,6-7,12H,4-5H2,1H3,(H,9,10). The highest BCUT2D eigenvalue weighted by atomic mass is 16.3. The highest BCUT2D eigenvalue weighted by molar-refractivity contribution is 5.05. The molecule has 0 saturated carbocycles. The summed E-state index contributed by atoms with van der Waals surface area (Å²) in [6.45, 7) is 3.67. The number of aliphatic hydroxyl groups is 1. The second-order valence-electron chi connectivity index (χ2n) is 3.30. The first-order valence-electron chi connectivity index (χ1n) is 4.19. The Bertz CT molecular complexity index is 241. The van der Waals surface area contributed by atoms with Crippen molar-refractivity contribution in [2.24, 2.45) is 0 Å². The average Bonchev–Trinajstić information content (AvgIpc) is 2.49. The minimum Gasteiger partial charge on any atom is -0.390 e. The summed E-state index contributed by atoms with van der Waals surface area (Å²) >= 11 is 0. The molecule has 0 radical (unpaired) electrons. The van der Waals surface area contributed by atoms with Gasteiger partial charge in [-0.25, -0.2) is 0 Å². The van der Waals surface area contributed by atoms with Crippen LogP contribution in [0.3, 0.4) is 0 Å². The monoisotopic (exact) mass is 167 g/mol. The highest BCUT2D eigenvalue weighted by Gasteiger charge is 2.29. The van der Waals surface area contributed by atoms with Gasteiger partial charge in [0.2, 0.25) is 0 Å². The van der Waals surface area contributed by atoms with Gasteiger partial charge in [-0.3, -0.25) is 10.00 Å². The number of hydrogen-bond acceptors (Lipinski definition) is 3. The van der Waals surface area contributed by atoms with Crippen LogP contribution < -0.4 is 0 Å². The lowest BCUT2D eigenvalue weighted by atomic mass is 10.1. The van der Waals surface area contributed by atoms with Gasteiger partial charge in [-0.15, -0.1) is 0 Å². The van der Waals surface area contributed by atoms with E-state index in [0.29, 0.717) is 6.04 Å². The molecule has 1 fully saturated rings. The zero-order chi connectivity index (χ0) is 8.55. The highest BCUT2D eigenvalue weighted by Crippen LogP contribution is 2.23. The number of β-amino-alcohol motifs (C(OH)–C–C–N with tert-alkyl or cyclic N) is 1. The van der Waals surface area contributed by atoms with Crippen LogP contribution in [0.4, 0.5) is 0 Å². The third-order valence-corrected chi connectivity index (χ3v) is 2.41. The van der Waals surface area contributed by atoms with E-state index < -0.39 is 0 Å². The smallest absolute Gasteiger partial charge is 0.0794 e. The van der Waals surface area contributed by atoms with Crippen molar-refractivity contribution in [3.8, 4) is 0 Å². The Kier molecular flexibility index (Phi) is 1.86. The number of aliphatic hydroxyl groups excluding tert-OH is 1. The Labute approximate surface area is 71.2 Å². The molecule has 1 aromatic heterocycles. The van der Waals surface area contributed by atoms with Crippen LogP contribution in [0.5, 0.6) is 0 Å². The molecule has 0 spiro atoms. The molecule has 0 aliphatic carbocycles. The van der Waals surface area contributed by atoms with E-state index in [-0.39, 0.29) is 6.10 Å². The average molecular weight is 167 g/mol. The van der Waals surface area contributed by atoms with Crippen LogP contribution in [0.25, 0.3) is 0 Å². The number of likely N-dealkylation sites (tertiary alicyclic amines) is 1. The van der Waals surface area contributed by atoms with Crippen molar-refractivity contribution in [3.63, 3.8) is 0 Å². The van der Waals surface area contributed by atoms with E-state index in [4.69, 9.17) is 5.11 Å². The second-order valence-corrected chi connectivity index (χ2v) is 3.30. The van der Waals surface area contributed by atoms with Crippen molar-refractivity contribution in [3.05, 3.63) is 18.0 Å². The van der Waals surface area contributed by atoms with Crippen molar-refractivity contribution in [1.29, 1.82) is 0 Å². The van der Waals surface area contributed by atoms with Gasteiger partial charge in [0.25, 0.3) is 0 Å². The molecule has 2 rings (SSSR count). The lowest BCUT2D eigenvalue weighted by Gasteiger charge is -2.39. The molecule has 4 heteroatoms. The van der Waals surface area contributed by atoms with Gasteiger partial charge in [-0.05, 0) is 13.0 Å². The first-order chi connectivity index (χ1) is 5.77. The first kappa shape index (κ1) is 7.76. The maximum absolute atomic E-state index is 9.10. The lowest BCUT2D eigenvalue weighted by molar-refractivity contribution is -0.0220. The van der Waals surface area contributed by atoms with Crippen LogP contribution in [0.1, 0.15) is 18.7 Å².